The largest absolute Gasteiger partial charge is 0.481 e. The topological polar surface area (TPSA) is 51.2 Å². The molecule has 5 heteroatoms. The van der Waals surface area contributed by atoms with E-state index in [0.29, 0.717) is 11.0 Å². The second-order valence-corrected chi connectivity index (χ2v) is 5.83. The molecule has 2 rings (SSSR count). The van der Waals surface area contributed by atoms with Crippen LogP contribution in [0.5, 0.6) is 5.75 Å². The van der Waals surface area contributed by atoms with Gasteiger partial charge < -0.3 is 4.74 Å². The Labute approximate surface area is 129 Å². The van der Waals surface area contributed by atoms with E-state index < -0.39 is 6.10 Å². The Morgan fingerprint density at radius 2 is 2.14 bits per heavy atom. The number of ether oxygens (including phenoxy) is 1. The molecule has 4 nitrogen and oxygen atoms in total. The van der Waals surface area contributed by atoms with Crippen molar-refractivity contribution in [3.05, 3.63) is 41.4 Å². The molecule has 0 radical (unpaired) electrons. The minimum atomic E-state index is -0.570. The average molecular weight is 304 g/mol. The fourth-order valence-electron chi connectivity index (χ4n) is 1.95. The summed E-state index contributed by atoms with van der Waals surface area (Å²) in [4.78, 5) is 16.1. The molecule has 0 saturated heterocycles. The first-order valence-corrected chi connectivity index (χ1v) is 7.95. The quantitative estimate of drug-likeness (QED) is 0.875. The van der Waals surface area contributed by atoms with Crippen molar-refractivity contribution in [1.82, 2.24) is 4.98 Å². The lowest BCUT2D eigenvalue weighted by Gasteiger charge is -2.19. The van der Waals surface area contributed by atoms with Crippen molar-refractivity contribution in [2.75, 3.05) is 5.32 Å². The zero-order valence-corrected chi connectivity index (χ0v) is 13.3. The lowest BCUT2D eigenvalue weighted by molar-refractivity contribution is -0.122. The fraction of sp³-hybridized carbons (Fsp3) is 0.375. The number of hydrogen-bond acceptors (Lipinski definition) is 4. The van der Waals surface area contributed by atoms with Gasteiger partial charge in [0.2, 0.25) is 0 Å². The summed E-state index contributed by atoms with van der Waals surface area (Å²) in [7, 11) is 0. The molecule has 1 aromatic heterocycles. The highest BCUT2D eigenvalue weighted by molar-refractivity contribution is 7.13. The Balaban J connectivity index is 2.05. The lowest BCUT2D eigenvalue weighted by Crippen LogP contribution is -2.30. The van der Waals surface area contributed by atoms with Gasteiger partial charge in [-0.15, -0.1) is 11.3 Å². The van der Waals surface area contributed by atoms with Gasteiger partial charge in [-0.05, 0) is 30.9 Å². The standard InChI is InChI=1S/C16H20N2O2S/c1-4-11(2)13-7-5-6-8-14(13)20-12(3)15(19)18-16-17-9-10-21-16/h5-12H,4H2,1-3H3,(H,17,18,19). The number of thiazole rings is 1. The second kappa shape index (κ2) is 7.22. The van der Waals surface area contributed by atoms with Gasteiger partial charge in [0, 0.05) is 11.6 Å². The second-order valence-electron chi connectivity index (χ2n) is 4.93. The third kappa shape index (κ3) is 4.04. The molecule has 0 aliphatic heterocycles. The highest BCUT2D eigenvalue weighted by Crippen LogP contribution is 2.29. The lowest BCUT2D eigenvalue weighted by atomic mass is 9.98. The summed E-state index contributed by atoms with van der Waals surface area (Å²) in [6.07, 6.45) is 2.11. The van der Waals surface area contributed by atoms with E-state index >= 15 is 0 Å². The van der Waals surface area contributed by atoms with Crippen LogP contribution in [0, 0.1) is 0 Å². The van der Waals surface area contributed by atoms with Crippen molar-refractivity contribution in [1.29, 1.82) is 0 Å². The fourth-order valence-corrected chi connectivity index (χ4v) is 2.48. The van der Waals surface area contributed by atoms with Crippen LogP contribution in [0.3, 0.4) is 0 Å². The van der Waals surface area contributed by atoms with Crippen LogP contribution in [-0.2, 0) is 4.79 Å². The Morgan fingerprint density at radius 3 is 2.81 bits per heavy atom. The molecular formula is C16H20N2O2S. The van der Waals surface area contributed by atoms with Crippen molar-refractivity contribution in [3.63, 3.8) is 0 Å². The maximum absolute atomic E-state index is 12.1. The highest BCUT2D eigenvalue weighted by Gasteiger charge is 2.18. The number of benzene rings is 1. The normalized spacial score (nSPS) is 13.5. The van der Waals surface area contributed by atoms with Gasteiger partial charge in [0.25, 0.3) is 5.91 Å². The summed E-state index contributed by atoms with van der Waals surface area (Å²) in [5.74, 6) is 0.980. The van der Waals surface area contributed by atoms with Gasteiger partial charge in [-0.1, -0.05) is 32.0 Å². The summed E-state index contributed by atoms with van der Waals surface area (Å²) in [5, 5.41) is 5.16. The van der Waals surface area contributed by atoms with E-state index in [-0.39, 0.29) is 5.91 Å². The molecule has 0 spiro atoms. The number of rotatable bonds is 6. The third-order valence-electron chi connectivity index (χ3n) is 3.40. The van der Waals surface area contributed by atoms with E-state index in [1.54, 1.807) is 13.1 Å². The Hall–Kier alpha value is -1.88. The molecule has 0 fully saturated rings. The number of para-hydroxylation sites is 1. The molecule has 1 amide bonds. The molecule has 2 aromatic rings. The number of hydrogen-bond donors (Lipinski definition) is 1. The SMILES string of the molecule is CCC(C)c1ccccc1OC(C)C(=O)Nc1nccs1. The average Bonchev–Trinajstić information content (AvgIpc) is 2.99. The summed E-state index contributed by atoms with van der Waals surface area (Å²) >= 11 is 1.39. The van der Waals surface area contributed by atoms with Crippen molar-refractivity contribution >= 4 is 22.4 Å². The van der Waals surface area contributed by atoms with Crippen molar-refractivity contribution in [2.24, 2.45) is 0 Å². The number of nitrogens with one attached hydrogen (secondary N) is 1. The summed E-state index contributed by atoms with van der Waals surface area (Å²) in [6.45, 7) is 6.04. The first-order chi connectivity index (χ1) is 10.1. The molecule has 1 heterocycles. The van der Waals surface area contributed by atoms with Crippen molar-refractivity contribution < 1.29 is 9.53 Å². The van der Waals surface area contributed by atoms with Crippen LogP contribution in [-0.4, -0.2) is 17.0 Å². The molecule has 112 valence electrons. The van der Waals surface area contributed by atoms with E-state index in [4.69, 9.17) is 4.74 Å². The number of carbonyl (C=O) groups is 1. The van der Waals surface area contributed by atoms with Gasteiger partial charge in [0.05, 0.1) is 0 Å². The van der Waals surface area contributed by atoms with Gasteiger partial charge in [0.1, 0.15) is 5.75 Å². The zero-order valence-electron chi connectivity index (χ0n) is 12.5. The van der Waals surface area contributed by atoms with Crippen LogP contribution in [0.2, 0.25) is 0 Å². The molecule has 1 N–H and O–H groups in total. The number of aromatic nitrogens is 1. The molecule has 0 aliphatic carbocycles. The Kier molecular flexibility index (Phi) is 5.33. The van der Waals surface area contributed by atoms with Gasteiger partial charge in [-0.3, -0.25) is 10.1 Å². The molecule has 0 aliphatic rings. The molecule has 0 saturated carbocycles. The van der Waals surface area contributed by atoms with Crippen LogP contribution in [0.15, 0.2) is 35.8 Å². The van der Waals surface area contributed by atoms with Gasteiger partial charge >= 0.3 is 0 Å². The van der Waals surface area contributed by atoms with E-state index in [1.165, 1.54) is 11.3 Å². The molecule has 2 unspecified atom stereocenters. The molecule has 1 aromatic carbocycles. The maximum atomic E-state index is 12.1. The van der Waals surface area contributed by atoms with Crippen LogP contribution >= 0.6 is 11.3 Å². The first kappa shape index (κ1) is 15.5. The molecule has 0 bridgehead atoms. The van der Waals surface area contributed by atoms with E-state index in [1.807, 2.05) is 23.6 Å². The molecular weight excluding hydrogens is 284 g/mol. The predicted octanol–water partition coefficient (Wildman–Crippen LogP) is 4.06. The van der Waals surface area contributed by atoms with Gasteiger partial charge in [-0.25, -0.2) is 4.98 Å². The smallest absolute Gasteiger partial charge is 0.266 e. The highest BCUT2D eigenvalue weighted by atomic mass is 32.1. The molecule has 21 heavy (non-hydrogen) atoms. The van der Waals surface area contributed by atoms with Crippen LogP contribution < -0.4 is 10.1 Å². The number of anilines is 1. The molecule has 2 atom stereocenters. The summed E-state index contributed by atoms with van der Waals surface area (Å²) in [6, 6.07) is 7.88. The number of amides is 1. The maximum Gasteiger partial charge on any atom is 0.266 e. The van der Waals surface area contributed by atoms with Gasteiger partial charge in [0.15, 0.2) is 11.2 Å². The monoisotopic (exact) mass is 304 g/mol. The Morgan fingerprint density at radius 1 is 1.38 bits per heavy atom. The van der Waals surface area contributed by atoms with E-state index in [2.05, 4.69) is 30.2 Å². The summed E-state index contributed by atoms with van der Waals surface area (Å²) in [5.41, 5.74) is 1.13. The van der Waals surface area contributed by atoms with Crippen LogP contribution in [0.4, 0.5) is 5.13 Å². The van der Waals surface area contributed by atoms with Gasteiger partial charge in [-0.2, -0.15) is 0 Å². The zero-order chi connectivity index (χ0) is 15.2. The minimum Gasteiger partial charge on any atom is -0.481 e. The third-order valence-corrected chi connectivity index (χ3v) is 4.09. The Bertz CT molecular complexity index is 584. The van der Waals surface area contributed by atoms with Crippen LogP contribution in [0.1, 0.15) is 38.7 Å². The first-order valence-electron chi connectivity index (χ1n) is 7.07. The summed E-state index contributed by atoms with van der Waals surface area (Å²) < 4.78 is 5.84. The predicted molar refractivity (Wildman–Crippen MR) is 86.0 cm³/mol. The van der Waals surface area contributed by atoms with E-state index in [9.17, 15) is 4.79 Å². The van der Waals surface area contributed by atoms with Crippen molar-refractivity contribution in [2.45, 2.75) is 39.2 Å². The number of nitrogens with zero attached hydrogens (tertiary/aromatic N) is 1. The minimum absolute atomic E-state index is 0.191. The van der Waals surface area contributed by atoms with Crippen LogP contribution in [0.25, 0.3) is 0 Å². The van der Waals surface area contributed by atoms with E-state index in [0.717, 1.165) is 17.7 Å². The van der Waals surface area contributed by atoms with Crippen molar-refractivity contribution in [3.8, 4) is 5.75 Å². The number of carbonyl (C=O) groups excluding carboxylic acids is 1.